The fourth-order valence-corrected chi connectivity index (χ4v) is 9.17. The van der Waals surface area contributed by atoms with Gasteiger partial charge >= 0.3 is 0 Å². The normalized spacial score (nSPS) is 22.3. The van der Waals surface area contributed by atoms with Gasteiger partial charge in [-0.25, -0.2) is 25.6 Å². The van der Waals surface area contributed by atoms with Crippen molar-refractivity contribution < 1.29 is 30.7 Å². The molecule has 0 heterocycles. The zero-order valence-electron chi connectivity index (χ0n) is 18.4. The van der Waals surface area contributed by atoms with Gasteiger partial charge in [0.1, 0.15) is 16.4 Å². The Balaban J connectivity index is 1.99. The van der Waals surface area contributed by atoms with Gasteiger partial charge in [0.15, 0.2) is 19.7 Å². The molecule has 1 aliphatic rings. The topological polar surface area (TPSA) is 88.5 Å². The van der Waals surface area contributed by atoms with Crippen LogP contribution in [0.5, 0.6) is 0 Å². The number of aliphatic hydroxyl groups is 1. The first-order chi connectivity index (χ1) is 15.2. The average molecular weight is 521 g/mol. The van der Waals surface area contributed by atoms with E-state index in [9.17, 15) is 30.7 Å². The van der Waals surface area contributed by atoms with Crippen molar-refractivity contribution >= 4 is 31.3 Å². The third-order valence-corrected chi connectivity index (χ3v) is 11.0. The zero-order chi connectivity index (χ0) is 24.7. The van der Waals surface area contributed by atoms with Gasteiger partial charge in [0.25, 0.3) is 0 Å². The average Bonchev–Trinajstić information content (AvgIpc) is 2.68. The molecule has 0 bridgehead atoms. The third-order valence-electron chi connectivity index (χ3n) is 6.03. The molecule has 0 aliphatic heterocycles. The standard InChI is InChI=1S/C23H27ClF2O5S2/c1-22(2,27)15-32(28,29)14-16-9-11-23(12-10-16,20-13-18(25)5-8-21(20)26)33(30,31)19-6-3-17(24)4-7-19/h3-8,13,16,27H,9-12,14-15H2,1-2H3. The van der Waals surface area contributed by atoms with Crippen molar-refractivity contribution in [2.75, 3.05) is 11.5 Å². The summed E-state index contributed by atoms with van der Waals surface area (Å²) in [6.07, 6.45) is 0.240. The predicted octanol–water partition coefficient (Wildman–Crippen LogP) is 4.66. The van der Waals surface area contributed by atoms with E-state index in [1.165, 1.54) is 38.1 Å². The maximum Gasteiger partial charge on any atom is 0.188 e. The van der Waals surface area contributed by atoms with Crippen molar-refractivity contribution in [3.63, 3.8) is 0 Å². The van der Waals surface area contributed by atoms with E-state index in [-0.39, 0.29) is 47.8 Å². The van der Waals surface area contributed by atoms with Gasteiger partial charge in [0.2, 0.25) is 0 Å². The van der Waals surface area contributed by atoms with Crippen LogP contribution in [0, 0.1) is 17.6 Å². The summed E-state index contributed by atoms with van der Waals surface area (Å²) in [5.41, 5.74) is -1.64. The summed E-state index contributed by atoms with van der Waals surface area (Å²) in [7, 11) is -7.78. The fourth-order valence-electron chi connectivity index (χ4n) is 4.64. The Morgan fingerprint density at radius 3 is 2.15 bits per heavy atom. The Kier molecular flexibility index (Phi) is 7.30. The monoisotopic (exact) mass is 520 g/mol. The molecule has 0 spiro atoms. The lowest BCUT2D eigenvalue weighted by molar-refractivity contribution is 0.105. The van der Waals surface area contributed by atoms with E-state index in [1.54, 1.807) is 0 Å². The second-order valence-electron chi connectivity index (χ2n) is 9.39. The Labute approximate surface area is 198 Å². The van der Waals surface area contributed by atoms with Crippen LogP contribution in [-0.2, 0) is 24.4 Å². The molecule has 10 heteroatoms. The number of rotatable bonds is 7. The minimum Gasteiger partial charge on any atom is -0.389 e. The molecule has 1 N–H and O–H groups in total. The summed E-state index contributed by atoms with van der Waals surface area (Å²) < 4.78 is 79.8. The summed E-state index contributed by atoms with van der Waals surface area (Å²) in [5, 5.41) is 10.2. The molecule has 1 saturated carbocycles. The molecule has 3 rings (SSSR count). The van der Waals surface area contributed by atoms with Crippen molar-refractivity contribution in [2.45, 2.75) is 54.8 Å². The van der Waals surface area contributed by atoms with Gasteiger partial charge in [-0.1, -0.05) is 11.6 Å². The number of benzene rings is 2. The van der Waals surface area contributed by atoms with Gasteiger partial charge in [0.05, 0.1) is 22.0 Å². The quantitative estimate of drug-likeness (QED) is 0.573. The van der Waals surface area contributed by atoms with E-state index in [0.717, 1.165) is 18.2 Å². The van der Waals surface area contributed by atoms with Crippen LogP contribution in [-0.4, -0.2) is 39.0 Å². The first-order valence-corrected chi connectivity index (χ1v) is 14.2. The molecule has 0 saturated heterocycles. The van der Waals surface area contributed by atoms with Crippen LogP contribution in [0.3, 0.4) is 0 Å². The van der Waals surface area contributed by atoms with Gasteiger partial charge in [-0.2, -0.15) is 0 Å². The number of sulfone groups is 2. The zero-order valence-corrected chi connectivity index (χ0v) is 20.8. The number of halogens is 3. The second kappa shape index (κ2) is 9.24. The lowest BCUT2D eigenvalue weighted by Crippen LogP contribution is -2.42. The van der Waals surface area contributed by atoms with E-state index in [4.69, 9.17) is 11.6 Å². The summed E-state index contributed by atoms with van der Waals surface area (Å²) in [6.45, 7) is 2.81. The highest BCUT2D eigenvalue weighted by Gasteiger charge is 2.50. The van der Waals surface area contributed by atoms with Crippen molar-refractivity contribution in [3.8, 4) is 0 Å². The molecule has 5 nitrogen and oxygen atoms in total. The SMILES string of the molecule is CC(C)(O)CS(=O)(=O)CC1CCC(c2cc(F)ccc2F)(S(=O)(=O)c2ccc(Cl)cc2)CC1. The smallest absolute Gasteiger partial charge is 0.188 e. The van der Waals surface area contributed by atoms with E-state index < -0.39 is 47.4 Å². The number of hydrogen-bond acceptors (Lipinski definition) is 5. The highest BCUT2D eigenvalue weighted by atomic mass is 35.5. The van der Waals surface area contributed by atoms with Crippen molar-refractivity contribution in [3.05, 3.63) is 64.7 Å². The molecule has 0 atom stereocenters. The van der Waals surface area contributed by atoms with E-state index in [1.807, 2.05) is 0 Å². The van der Waals surface area contributed by atoms with Crippen LogP contribution < -0.4 is 0 Å². The maximum atomic E-state index is 14.9. The molecule has 33 heavy (non-hydrogen) atoms. The summed E-state index contributed by atoms with van der Waals surface area (Å²) in [6, 6.07) is 8.24. The lowest BCUT2D eigenvalue weighted by atomic mass is 9.78. The molecule has 0 unspecified atom stereocenters. The Hall–Kier alpha value is -1.55. The Morgan fingerprint density at radius 2 is 1.61 bits per heavy atom. The first kappa shape index (κ1) is 26.1. The Bertz CT molecular complexity index is 1210. The predicted molar refractivity (Wildman–Crippen MR) is 124 cm³/mol. The van der Waals surface area contributed by atoms with Gasteiger partial charge in [-0.15, -0.1) is 0 Å². The minimum absolute atomic E-state index is 0.0661. The van der Waals surface area contributed by atoms with Crippen molar-refractivity contribution in [1.29, 1.82) is 0 Å². The van der Waals surface area contributed by atoms with Crippen LogP contribution in [0.2, 0.25) is 5.02 Å². The molecule has 2 aromatic carbocycles. The molecule has 0 amide bonds. The Morgan fingerprint density at radius 1 is 1.03 bits per heavy atom. The highest BCUT2D eigenvalue weighted by molar-refractivity contribution is 7.92. The van der Waals surface area contributed by atoms with Gasteiger partial charge in [-0.3, -0.25) is 0 Å². The number of hydrogen-bond donors (Lipinski definition) is 1. The van der Waals surface area contributed by atoms with Gasteiger partial charge in [0, 0.05) is 10.6 Å². The maximum absolute atomic E-state index is 14.9. The minimum atomic E-state index is -4.18. The molecule has 0 aromatic heterocycles. The first-order valence-electron chi connectivity index (χ1n) is 10.5. The van der Waals surface area contributed by atoms with Crippen LogP contribution in [0.25, 0.3) is 0 Å². The van der Waals surface area contributed by atoms with E-state index >= 15 is 0 Å². The molecule has 0 radical (unpaired) electrons. The van der Waals surface area contributed by atoms with Crippen molar-refractivity contribution in [2.24, 2.45) is 5.92 Å². The molecular weight excluding hydrogens is 494 g/mol. The summed E-state index contributed by atoms with van der Waals surface area (Å²) in [5.74, 6) is -2.57. The van der Waals surface area contributed by atoms with Crippen LogP contribution in [0.15, 0.2) is 47.4 Å². The largest absolute Gasteiger partial charge is 0.389 e. The molecular formula is C23H27ClF2O5S2. The fraction of sp³-hybridized carbons (Fsp3) is 0.478. The third kappa shape index (κ3) is 5.75. The van der Waals surface area contributed by atoms with E-state index in [0.29, 0.717) is 5.02 Å². The molecule has 182 valence electrons. The summed E-state index contributed by atoms with van der Waals surface area (Å²) >= 11 is 5.89. The van der Waals surface area contributed by atoms with Crippen molar-refractivity contribution in [1.82, 2.24) is 0 Å². The molecule has 1 fully saturated rings. The summed E-state index contributed by atoms with van der Waals surface area (Å²) in [4.78, 5) is -0.0661. The second-order valence-corrected chi connectivity index (χ2v) is 14.2. The van der Waals surface area contributed by atoms with Crippen LogP contribution >= 0.6 is 11.6 Å². The van der Waals surface area contributed by atoms with Crippen LogP contribution in [0.1, 0.15) is 45.1 Å². The highest BCUT2D eigenvalue weighted by Crippen LogP contribution is 2.49. The van der Waals surface area contributed by atoms with Gasteiger partial charge < -0.3 is 5.11 Å². The molecule has 1 aliphatic carbocycles. The lowest BCUT2D eigenvalue weighted by Gasteiger charge is -2.40. The molecule has 2 aromatic rings. The van der Waals surface area contributed by atoms with Gasteiger partial charge in [-0.05, 0) is 87.9 Å². The van der Waals surface area contributed by atoms with Crippen LogP contribution in [0.4, 0.5) is 8.78 Å². The van der Waals surface area contributed by atoms with E-state index in [2.05, 4.69) is 0 Å².